The SMILES string of the molecule is NC(=O)CC1CCCN(CC2CCNCC2)C1=O. The summed E-state index contributed by atoms with van der Waals surface area (Å²) in [7, 11) is 0. The summed E-state index contributed by atoms with van der Waals surface area (Å²) in [6, 6.07) is 0. The molecular weight excluding hydrogens is 230 g/mol. The topological polar surface area (TPSA) is 75.4 Å². The highest BCUT2D eigenvalue weighted by Crippen LogP contribution is 2.23. The summed E-state index contributed by atoms with van der Waals surface area (Å²) in [6.07, 6.45) is 4.30. The standard InChI is InChI=1S/C13H23N3O2/c14-12(17)8-11-2-1-7-16(13(11)18)9-10-3-5-15-6-4-10/h10-11,15H,1-9H2,(H2,14,17). The van der Waals surface area contributed by atoms with Gasteiger partial charge in [-0.05, 0) is 44.7 Å². The van der Waals surface area contributed by atoms with Crippen LogP contribution in [0.2, 0.25) is 0 Å². The van der Waals surface area contributed by atoms with Crippen LogP contribution in [0.4, 0.5) is 0 Å². The summed E-state index contributed by atoms with van der Waals surface area (Å²) < 4.78 is 0. The van der Waals surface area contributed by atoms with E-state index in [0.717, 1.165) is 51.9 Å². The number of carbonyl (C=O) groups excluding carboxylic acids is 2. The summed E-state index contributed by atoms with van der Waals surface area (Å²) in [6.45, 7) is 3.81. The largest absolute Gasteiger partial charge is 0.370 e. The third-order valence-corrected chi connectivity index (χ3v) is 4.03. The minimum absolute atomic E-state index is 0.138. The molecule has 0 radical (unpaired) electrons. The lowest BCUT2D eigenvalue weighted by molar-refractivity contribution is -0.141. The van der Waals surface area contributed by atoms with Gasteiger partial charge in [-0.2, -0.15) is 0 Å². The number of likely N-dealkylation sites (tertiary alicyclic amines) is 1. The van der Waals surface area contributed by atoms with Gasteiger partial charge < -0.3 is 16.0 Å². The Bertz CT molecular complexity index is 313. The molecular formula is C13H23N3O2. The maximum Gasteiger partial charge on any atom is 0.226 e. The van der Waals surface area contributed by atoms with E-state index in [4.69, 9.17) is 5.73 Å². The summed E-state index contributed by atoms with van der Waals surface area (Å²) in [5.41, 5.74) is 5.20. The van der Waals surface area contributed by atoms with Gasteiger partial charge in [-0.1, -0.05) is 0 Å². The first-order valence-electron chi connectivity index (χ1n) is 6.94. The van der Waals surface area contributed by atoms with Crippen LogP contribution in [0.5, 0.6) is 0 Å². The normalized spacial score (nSPS) is 26.3. The lowest BCUT2D eigenvalue weighted by Crippen LogP contribution is -2.46. The van der Waals surface area contributed by atoms with Crippen LogP contribution in [-0.4, -0.2) is 42.9 Å². The number of piperidine rings is 2. The molecule has 1 unspecified atom stereocenters. The van der Waals surface area contributed by atoms with Crippen molar-refractivity contribution in [3.63, 3.8) is 0 Å². The molecule has 1 atom stereocenters. The second-order valence-corrected chi connectivity index (χ2v) is 5.49. The highest BCUT2D eigenvalue weighted by molar-refractivity contribution is 5.85. The molecule has 2 aliphatic heterocycles. The number of rotatable bonds is 4. The van der Waals surface area contributed by atoms with Crippen LogP contribution in [0.1, 0.15) is 32.1 Å². The highest BCUT2D eigenvalue weighted by atomic mass is 16.2. The smallest absolute Gasteiger partial charge is 0.226 e. The van der Waals surface area contributed by atoms with E-state index in [9.17, 15) is 9.59 Å². The zero-order chi connectivity index (χ0) is 13.0. The minimum atomic E-state index is -0.364. The molecule has 102 valence electrons. The molecule has 0 aromatic heterocycles. The lowest BCUT2D eigenvalue weighted by Gasteiger charge is -2.35. The van der Waals surface area contributed by atoms with Crippen LogP contribution < -0.4 is 11.1 Å². The van der Waals surface area contributed by atoms with E-state index in [0.29, 0.717) is 5.92 Å². The van der Waals surface area contributed by atoms with Gasteiger partial charge in [-0.15, -0.1) is 0 Å². The highest BCUT2D eigenvalue weighted by Gasteiger charge is 2.31. The van der Waals surface area contributed by atoms with E-state index in [-0.39, 0.29) is 24.2 Å². The number of primary amides is 1. The fraction of sp³-hybridized carbons (Fsp3) is 0.846. The number of hydrogen-bond acceptors (Lipinski definition) is 3. The zero-order valence-corrected chi connectivity index (χ0v) is 10.9. The first-order valence-corrected chi connectivity index (χ1v) is 6.94. The van der Waals surface area contributed by atoms with Crippen molar-refractivity contribution >= 4 is 11.8 Å². The molecule has 0 bridgehead atoms. The Kier molecular flexibility index (Phi) is 4.58. The molecule has 2 amide bonds. The molecule has 2 rings (SSSR count). The summed E-state index contributed by atoms with van der Waals surface area (Å²) in [5, 5.41) is 3.33. The Morgan fingerprint density at radius 2 is 2.06 bits per heavy atom. The number of nitrogens with zero attached hydrogens (tertiary/aromatic N) is 1. The van der Waals surface area contributed by atoms with Crippen LogP contribution in [0.25, 0.3) is 0 Å². The zero-order valence-electron chi connectivity index (χ0n) is 10.9. The average molecular weight is 253 g/mol. The molecule has 2 aliphatic rings. The van der Waals surface area contributed by atoms with Crippen LogP contribution in [0.15, 0.2) is 0 Å². The first-order chi connectivity index (χ1) is 8.66. The molecule has 0 saturated carbocycles. The van der Waals surface area contributed by atoms with Crippen LogP contribution in [0.3, 0.4) is 0 Å². The first kappa shape index (κ1) is 13.3. The van der Waals surface area contributed by atoms with E-state index in [1.807, 2.05) is 4.90 Å². The van der Waals surface area contributed by atoms with Crippen LogP contribution in [0, 0.1) is 11.8 Å². The second kappa shape index (κ2) is 6.18. The van der Waals surface area contributed by atoms with Gasteiger partial charge in [-0.25, -0.2) is 0 Å². The van der Waals surface area contributed by atoms with Gasteiger partial charge in [0.1, 0.15) is 0 Å². The van der Waals surface area contributed by atoms with Crippen LogP contribution in [-0.2, 0) is 9.59 Å². The van der Waals surface area contributed by atoms with Gasteiger partial charge in [0, 0.05) is 25.4 Å². The van der Waals surface area contributed by atoms with Crippen molar-refractivity contribution in [1.82, 2.24) is 10.2 Å². The number of hydrogen-bond donors (Lipinski definition) is 2. The van der Waals surface area contributed by atoms with E-state index in [1.54, 1.807) is 0 Å². The average Bonchev–Trinajstić information content (AvgIpc) is 2.35. The van der Waals surface area contributed by atoms with Crippen molar-refractivity contribution in [2.75, 3.05) is 26.2 Å². The maximum absolute atomic E-state index is 12.2. The van der Waals surface area contributed by atoms with Gasteiger partial charge in [0.25, 0.3) is 0 Å². The molecule has 2 saturated heterocycles. The number of nitrogens with two attached hydrogens (primary N) is 1. The molecule has 0 spiro atoms. The predicted molar refractivity (Wildman–Crippen MR) is 68.7 cm³/mol. The fourth-order valence-corrected chi connectivity index (χ4v) is 3.01. The Morgan fingerprint density at radius 1 is 1.33 bits per heavy atom. The van der Waals surface area contributed by atoms with Crippen molar-refractivity contribution in [1.29, 1.82) is 0 Å². The predicted octanol–water partition coefficient (Wildman–Crippen LogP) is 0.1000. The van der Waals surface area contributed by atoms with E-state index < -0.39 is 0 Å². The molecule has 0 aromatic rings. The molecule has 5 nitrogen and oxygen atoms in total. The van der Waals surface area contributed by atoms with E-state index >= 15 is 0 Å². The number of nitrogens with one attached hydrogen (secondary N) is 1. The molecule has 0 aromatic carbocycles. The quantitative estimate of drug-likeness (QED) is 0.746. The Balaban J connectivity index is 1.87. The maximum atomic E-state index is 12.2. The summed E-state index contributed by atoms with van der Waals surface area (Å²) in [5.74, 6) is 0.219. The molecule has 5 heteroatoms. The van der Waals surface area contributed by atoms with Crippen LogP contribution >= 0.6 is 0 Å². The van der Waals surface area contributed by atoms with E-state index in [1.165, 1.54) is 0 Å². The Morgan fingerprint density at radius 3 is 2.72 bits per heavy atom. The molecule has 0 aliphatic carbocycles. The van der Waals surface area contributed by atoms with Gasteiger partial charge in [-0.3, -0.25) is 9.59 Å². The van der Waals surface area contributed by atoms with Crippen molar-refractivity contribution in [2.24, 2.45) is 17.6 Å². The summed E-state index contributed by atoms with van der Waals surface area (Å²) >= 11 is 0. The van der Waals surface area contributed by atoms with Crippen molar-refractivity contribution < 1.29 is 9.59 Å². The van der Waals surface area contributed by atoms with Crippen molar-refractivity contribution in [3.05, 3.63) is 0 Å². The third kappa shape index (κ3) is 3.45. The fourth-order valence-electron chi connectivity index (χ4n) is 3.01. The van der Waals surface area contributed by atoms with Gasteiger partial charge in [0.15, 0.2) is 0 Å². The lowest BCUT2D eigenvalue weighted by atomic mass is 9.91. The molecule has 2 heterocycles. The molecule has 3 N–H and O–H groups in total. The van der Waals surface area contributed by atoms with Gasteiger partial charge in [0.2, 0.25) is 11.8 Å². The van der Waals surface area contributed by atoms with Crippen molar-refractivity contribution in [2.45, 2.75) is 32.1 Å². The summed E-state index contributed by atoms with van der Waals surface area (Å²) in [4.78, 5) is 25.1. The number of carbonyl (C=O) groups is 2. The monoisotopic (exact) mass is 253 g/mol. The second-order valence-electron chi connectivity index (χ2n) is 5.49. The Labute approximate surface area is 108 Å². The third-order valence-electron chi connectivity index (χ3n) is 4.03. The number of amides is 2. The molecule has 18 heavy (non-hydrogen) atoms. The van der Waals surface area contributed by atoms with Crippen molar-refractivity contribution in [3.8, 4) is 0 Å². The minimum Gasteiger partial charge on any atom is -0.370 e. The van der Waals surface area contributed by atoms with Gasteiger partial charge >= 0.3 is 0 Å². The molecule has 2 fully saturated rings. The Hall–Kier alpha value is -1.10. The van der Waals surface area contributed by atoms with Gasteiger partial charge in [0.05, 0.1) is 0 Å². The van der Waals surface area contributed by atoms with E-state index in [2.05, 4.69) is 5.32 Å².